The van der Waals surface area contributed by atoms with Gasteiger partial charge in [-0.05, 0) is 64.9 Å². The minimum atomic E-state index is -0.460. The second-order valence-corrected chi connectivity index (χ2v) is 10.3. The number of nitrogens with zero attached hydrogens (tertiary/aromatic N) is 4. The summed E-state index contributed by atoms with van der Waals surface area (Å²) in [6.07, 6.45) is 1.80. The maximum absolute atomic E-state index is 13.3. The Kier molecular flexibility index (Phi) is 8.85. The number of anilines is 1. The topological polar surface area (TPSA) is 140 Å². The highest BCUT2D eigenvalue weighted by molar-refractivity contribution is 7.17. The third-order valence-electron chi connectivity index (χ3n) is 6.47. The van der Waals surface area contributed by atoms with E-state index in [1.165, 1.54) is 0 Å². The smallest absolute Gasteiger partial charge is 0.350 e. The van der Waals surface area contributed by atoms with Crippen LogP contribution >= 0.6 is 11.3 Å². The van der Waals surface area contributed by atoms with Gasteiger partial charge in [0.15, 0.2) is 5.13 Å². The Morgan fingerprint density at radius 3 is 2.66 bits per heavy atom. The molecule has 1 aliphatic rings. The minimum absolute atomic E-state index is 0.0806. The Balaban J connectivity index is 1.47. The molecule has 12 heteroatoms. The van der Waals surface area contributed by atoms with Gasteiger partial charge in [0.25, 0.3) is 5.91 Å². The summed E-state index contributed by atoms with van der Waals surface area (Å²) in [6.45, 7) is 7.17. The number of ether oxygens (including phenoxy) is 1. The van der Waals surface area contributed by atoms with Gasteiger partial charge in [-0.15, -0.1) is 0 Å². The monoisotopic (exact) mass is 540 g/mol. The number of thiazole rings is 1. The predicted molar refractivity (Wildman–Crippen MR) is 142 cm³/mol. The zero-order valence-electron chi connectivity index (χ0n) is 21.9. The third kappa shape index (κ3) is 6.81. The van der Waals surface area contributed by atoms with E-state index >= 15 is 0 Å². The van der Waals surface area contributed by atoms with Crippen LogP contribution in [-0.2, 0) is 9.53 Å². The highest BCUT2D eigenvalue weighted by atomic mass is 32.1. The molecule has 4 rings (SSSR count). The molecule has 0 saturated carbocycles. The van der Waals surface area contributed by atoms with Gasteiger partial charge in [0.05, 0.1) is 12.3 Å². The Morgan fingerprint density at radius 1 is 1.21 bits per heavy atom. The molecule has 2 N–H and O–H groups in total. The fraction of sp³-hybridized carbons (Fsp3) is 0.462. The number of hydrogen-bond acceptors (Lipinski definition) is 10. The standard InChI is InChI=1S/C26H32N6O5S/c1-5-36-25(35)22-15(2)27-26(38-22)30-21(33)14-20(17-9-11-32(4)12-10-17)29-24(34)19-8-6-7-18(13-19)23-28-16(3)37-31-23/h6-8,13,17,20H,5,9-12,14H2,1-4H3,(H,29,34)(H,27,30,33). The van der Waals surface area contributed by atoms with Crippen LogP contribution in [0.5, 0.6) is 0 Å². The molecule has 0 bridgehead atoms. The van der Waals surface area contributed by atoms with Crippen molar-refractivity contribution in [3.63, 3.8) is 0 Å². The van der Waals surface area contributed by atoms with E-state index in [4.69, 9.17) is 9.26 Å². The Hall–Kier alpha value is -3.64. The first-order chi connectivity index (χ1) is 18.2. The number of aromatic nitrogens is 3. The lowest BCUT2D eigenvalue weighted by Crippen LogP contribution is -2.46. The van der Waals surface area contributed by atoms with Gasteiger partial charge in [0.2, 0.25) is 17.6 Å². The molecule has 1 aliphatic heterocycles. The van der Waals surface area contributed by atoms with Gasteiger partial charge in [-0.1, -0.05) is 28.6 Å². The highest BCUT2D eigenvalue weighted by Crippen LogP contribution is 2.26. The van der Waals surface area contributed by atoms with E-state index in [2.05, 4.69) is 37.7 Å². The number of benzene rings is 1. The lowest BCUT2D eigenvalue weighted by Gasteiger charge is -2.34. The fourth-order valence-corrected chi connectivity index (χ4v) is 5.32. The maximum atomic E-state index is 13.3. The van der Waals surface area contributed by atoms with E-state index in [-0.39, 0.29) is 36.8 Å². The number of amides is 2. The lowest BCUT2D eigenvalue weighted by molar-refractivity contribution is -0.117. The van der Waals surface area contributed by atoms with E-state index in [0.29, 0.717) is 38.5 Å². The maximum Gasteiger partial charge on any atom is 0.350 e. The predicted octanol–water partition coefficient (Wildman–Crippen LogP) is 3.46. The normalized spacial score (nSPS) is 15.2. The molecule has 0 radical (unpaired) electrons. The summed E-state index contributed by atoms with van der Waals surface area (Å²) in [4.78, 5) is 49.6. The molecule has 1 saturated heterocycles. The molecule has 0 spiro atoms. The van der Waals surface area contributed by atoms with Crippen molar-refractivity contribution in [1.29, 1.82) is 0 Å². The molecule has 0 aliphatic carbocycles. The van der Waals surface area contributed by atoms with E-state index in [0.717, 1.165) is 37.3 Å². The molecular weight excluding hydrogens is 508 g/mol. The fourth-order valence-electron chi connectivity index (χ4n) is 4.44. The van der Waals surface area contributed by atoms with Crippen molar-refractivity contribution in [2.24, 2.45) is 5.92 Å². The summed E-state index contributed by atoms with van der Waals surface area (Å²) in [7, 11) is 2.06. The summed E-state index contributed by atoms with van der Waals surface area (Å²) < 4.78 is 10.1. The van der Waals surface area contributed by atoms with Crippen molar-refractivity contribution < 1.29 is 23.6 Å². The summed E-state index contributed by atoms with van der Waals surface area (Å²) in [5.74, 6) is -0.0417. The van der Waals surface area contributed by atoms with Crippen LogP contribution in [0.1, 0.15) is 57.8 Å². The molecule has 2 amide bonds. The number of carbonyl (C=O) groups is 3. The first-order valence-corrected chi connectivity index (χ1v) is 13.4. The zero-order valence-corrected chi connectivity index (χ0v) is 22.8. The van der Waals surface area contributed by atoms with Gasteiger partial charge >= 0.3 is 5.97 Å². The molecule has 2 aromatic heterocycles. The van der Waals surface area contributed by atoms with Gasteiger partial charge in [-0.3, -0.25) is 9.59 Å². The van der Waals surface area contributed by atoms with Crippen molar-refractivity contribution in [1.82, 2.24) is 25.3 Å². The Bertz CT molecular complexity index is 1300. The molecular formula is C26H32N6O5S. The lowest BCUT2D eigenvalue weighted by atomic mass is 9.87. The van der Waals surface area contributed by atoms with Gasteiger partial charge in [0.1, 0.15) is 4.88 Å². The minimum Gasteiger partial charge on any atom is -0.462 e. The molecule has 1 fully saturated rings. The summed E-state index contributed by atoms with van der Waals surface area (Å²) >= 11 is 1.08. The summed E-state index contributed by atoms with van der Waals surface area (Å²) in [5.41, 5.74) is 1.61. The van der Waals surface area contributed by atoms with Crippen molar-refractivity contribution >= 4 is 34.3 Å². The van der Waals surface area contributed by atoms with Crippen LogP contribution in [0.2, 0.25) is 0 Å². The number of piperidine rings is 1. The summed E-state index contributed by atoms with van der Waals surface area (Å²) in [5, 5.41) is 10.1. The number of aryl methyl sites for hydroxylation is 2. The van der Waals surface area contributed by atoms with E-state index < -0.39 is 5.97 Å². The zero-order chi connectivity index (χ0) is 27.2. The van der Waals surface area contributed by atoms with E-state index in [1.807, 2.05) is 6.07 Å². The van der Waals surface area contributed by atoms with Crippen LogP contribution in [0.15, 0.2) is 28.8 Å². The first kappa shape index (κ1) is 27.4. The Labute approximate surface area is 225 Å². The molecule has 3 aromatic rings. The second-order valence-electron chi connectivity index (χ2n) is 9.34. The molecule has 1 atom stereocenters. The molecule has 1 unspecified atom stereocenters. The number of esters is 1. The number of rotatable bonds is 9. The van der Waals surface area contributed by atoms with E-state index in [1.54, 1.807) is 39.0 Å². The number of hydrogen-bond donors (Lipinski definition) is 2. The van der Waals surface area contributed by atoms with Crippen molar-refractivity contribution in [3.8, 4) is 11.4 Å². The molecule has 1 aromatic carbocycles. The van der Waals surface area contributed by atoms with Crippen molar-refractivity contribution in [2.45, 2.75) is 46.1 Å². The van der Waals surface area contributed by atoms with Gasteiger partial charge in [0, 0.05) is 30.5 Å². The van der Waals surface area contributed by atoms with Gasteiger partial charge < -0.3 is 24.8 Å². The van der Waals surface area contributed by atoms with Crippen molar-refractivity contribution in [3.05, 3.63) is 46.3 Å². The highest BCUT2D eigenvalue weighted by Gasteiger charge is 2.29. The second kappa shape index (κ2) is 12.3. The van der Waals surface area contributed by atoms with Crippen LogP contribution < -0.4 is 10.6 Å². The van der Waals surface area contributed by atoms with Crippen LogP contribution in [0.25, 0.3) is 11.4 Å². The average molecular weight is 541 g/mol. The molecule has 202 valence electrons. The van der Waals surface area contributed by atoms with Crippen molar-refractivity contribution in [2.75, 3.05) is 32.1 Å². The van der Waals surface area contributed by atoms with E-state index in [9.17, 15) is 14.4 Å². The number of likely N-dealkylation sites (tertiary alicyclic amines) is 1. The van der Waals surface area contributed by atoms with Crippen LogP contribution in [0, 0.1) is 19.8 Å². The SMILES string of the molecule is CCOC(=O)c1sc(NC(=O)CC(NC(=O)c2cccc(-c3noc(C)n3)c2)C2CCN(C)CC2)nc1C. The number of carbonyl (C=O) groups excluding carboxylic acids is 3. The third-order valence-corrected chi connectivity index (χ3v) is 7.52. The van der Waals surface area contributed by atoms with Crippen LogP contribution in [0.4, 0.5) is 5.13 Å². The van der Waals surface area contributed by atoms with Gasteiger partial charge in [-0.2, -0.15) is 4.98 Å². The molecule has 38 heavy (non-hydrogen) atoms. The first-order valence-electron chi connectivity index (χ1n) is 12.6. The average Bonchev–Trinajstić information content (AvgIpc) is 3.49. The van der Waals surface area contributed by atoms with Crippen LogP contribution in [-0.4, -0.2) is 70.6 Å². The number of nitrogens with one attached hydrogen (secondary N) is 2. The van der Waals surface area contributed by atoms with Gasteiger partial charge in [-0.25, -0.2) is 9.78 Å². The molecule has 11 nitrogen and oxygen atoms in total. The largest absolute Gasteiger partial charge is 0.462 e. The molecule has 3 heterocycles. The van der Waals surface area contributed by atoms with Crippen LogP contribution in [0.3, 0.4) is 0 Å². The quantitative estimate of drug-likeness (QED) is 0.391. The summed E-state index contributed by atoms with van der Waals surface area (Å²) in [6, 6.07) is 6.62. The Morgan fingerprint density at radius 2 is 1.97 bits per heavy atom.